The van der Waals surface area contributed by atoms with Crippen molar-refractivity contribution in [3.63, 3.8) is 0 Å². The molecule has 0 unspecified atom stereocenters. The zero-order valence-corrected chi connectivity index (χ0v) is 13.8. The van der Waals surface area contributed by atoms with Crippen LogP contribution in [0.5, 0.6) is 0 Å². The molecule has 0 aromatic heterocycles. The molecule has 21 heavy (non-hydrogen) atoms. The van der Waals surface area contributed by atoms with E-state index in [2.05, 4.69) is 18.8 Å². The Morgan fingerprint density at radius 1 is 1.29 bits per heavy atom. The summed E-state index contributed by atoms with van der Waals surface area (Å²) in [5.74, 6) is 0. The van der Waals surface area contributed by atoms with Crippen LogP contribution in [-0.4, -0.2) is 32.4 Å². The van der Waals surface area contributed by atoms with Gasteiger partial charge >= 0.3 is 0 Å². The van der Waals surface area contributed by atoms with Crippen molar-refractivity contribution in [3.8, 4) is 0 Å². The Hall–Kier alpha value is -1.17. The lowest BCUT2D eigenvalue weighted by Crippen LogP contribution is -2.32. The summed E-state index contributed by atoms with van der Waals surface area (Å²) in [5.41, 5.74) is 0.986. The molecule has 0 saturated heterocycles. The molecule has 0 saturated carbocycles. The maximum Gasteiger partial charge on any atom is 0.243 e. The Bertz CT molecular complexity index is 541. The van der Waals surface area contributed by atoms with Crippen molar-refractivity contribution in [2.24, 2.45) is 0 Å². The second-order valence-electron chi connectivity index (χ2n) is 4.98. The van der Waals surface area contributed by atoms with Gasteiger partial charge in [-0.25, -0.2) is 8.42 Å². The molecule has 0 aliphatic heterocycles. The monoisotopic (exact) mass is 310 g/mol. The van der Waals surface area contributed by atoms with E-state index in [0.717, 1.165) is 24.9 Å². The van der Waals surface area contributed by atoms with E-state index in [9.17, 15) is 8.42 Å². The maximum atomic E-state index is 12.7. The van der Waals surface area contributed by atoms with Gasteiger partial charge < -0.3 is 5.32 Å². The van der Waals surface area contributed by atoms with Crippen LogP contribution in [0.2, 0.25) is 0 Å². The smallest absolute Gasteiger partial charge is 0.243 e. The van der Waals surface area contributed by atoms with Crippen LogP contribution in [0.25, 0.3) is 0 Å². The highest BCUT2D eigenvalue weighted by molar-refractivity contribution is 7.89. The first-order chi connectivity index (χ1) is 10.1. The summed E-state index contributed by atoms with van der Waals surface area (Å²) in [7, 11) is -3.44. The van der Waals surface area contributed by atoms with Gasteiger partial charge in [-0.3, -0.25) is 0 Å². The van der Waals surface area contributed by atoms with E-state index in [1.807, 2.05) is 13.0 Å². The fourth-order valence-corrected chi connectivity index (χ4v) is 3.65. The molecule has 118 valence electrons. The van der Waals surface area contributed by atoms with E-state index in [0.29, 0.717) is 24.5 Å². The van der Waals surface area contributed by atoms with Crippen molar-refractivity contribution in [1.82, 2.24) is 9.62 Å². The molecule has 1 rings (SSSR count). The van der Waals surface area contributed by atoms with E-state index < -0.39 is 10.0 Å². The maximum absolute atomic E-state index is 12.7. The number of hydrogen-bond acceptors (Lipinski definition) is 3. The average molecular weight is 310 g/mol. The summed E-state index contributed by atoms with van der Waals surface area (Å²) in [6.45, 7) is 10.2. The molecule has 0 spiro atoms. The van der Waals surface area contributed by atoms with Gasteiger partial charge in [0.2, 0.25) is 10.0 Å². The zero-order chi connectivity index (χ0) is 15.7. The van der Waals surface area contributed by atoms with Crippen molar-refractivity contribution in [2.45, 2.75) is 38.1 Å². The Balaban J connectivity index is 2.95. The highest BCUT2D eigenvalue weighted by Gasteiger charge is 2.22. The molecule has 1 N–H and O–H groups in total. The minimum absolute atomic E-state index is 0.342. The summed E-state index contributed by atoms with van der Waals surface area (Å²) in [5, 5.41) is 3.28. The van der Waals surface area contributed by atoms with Gasteiger partial charge in [-0.1, -0.05) is 32.1 Å². The summed E-state index contributed by atoms with van der Waals surface area (Å²) < 4.78 is 26.8. The minimum Gasteiger partial charge on any atom is -0.313 e. The predicted octanol–water partition coefficient (Wildman–Crippen LogP) is 2.77. The van der Waals surface area contributed by atoms with Crippen molar-refractivity contribution in [3.05, 3.63) is 42.5 Å². The topological polar surface area (TPSA) is 49.4 Å². The van der Waals surface area contributed by atoms with Crippen molar-refractivity contribution in [1.29, 1.82) is 0 Å². The molecule has 5 heteroatoms. The first-order valence-corrected chi connectivity index (χ1v) is 8.91. The third-order valence-corrected chi connectivity index (χ3v) is 4.96. The highest BCUT2D eigenvalue weighted by Crippen LogP contribution is 2.17. The Labute approximate surface area is 128 Å². The van der Waals surface area contributed by atoms with E-state index >= 15 is 0 Å². The van der Waals surface area contributed by atoms with E-state index in [-0.39, 0.29) is 0 Å². The van der Waals surface area contributed by atoms with Crippen LogP contribution in [0.4, 0.5) is 0 Å². The molecule has 0 atom stereocenters. The second kappa shape index (κ2) is 8.97. The lowest BCUT2D eigenvalue weighted by atomic mass is 10.2. The van der Waals surface area contributed by atoms with Gasteiger partial charge in [-0.05, 0) is 37.1 Å². The molecule has 0 amide bonds. The molecule has 0 aliphatic carbocycles. The van der Waals surface area contributed by atoms with Gasteiger partial charge in [-0.15, -0.1) is 6.58 Å². The van der Waals surface area contributed by atoms with Crippen LogP contribution in [0, 0.1) is 0 Å². The first-order valence-electron chi connectivity index (χ1n) is 7.47. The highest BCUT2D eigenvalue weighted by atomic mass is 32.2. The van der Waals surface area contributed by atoms with Crippen molar-refractivity contribution in [2.75, 3.05) is 19.6 Å². The molecular weight excluding hydrogens is 284 g/mol. The lowest BCUT2D eigenvalue weighted by Gasteiger charge is -2.20. The Kier molecular flexibility index (Phi) is 7.64. The van der Waals surface area contributed by atoms with Crippen LogP contribution in [-0.2, 0) is 16.6 Å². The summed E-state index contributed by atoms with van der Waals surface area (Å²) in [6, 6.07) is 7.15. The standard InChI is InChI=1S/C16H26N2O2S/c1-4-10-17-14-15-8-7-9-16(13-15)21(19,20)18(11-5-2)12-6-3/h5,7-9,13,17H,2,4,6,10-12,14H2,1,3H3. The van der Waals surface area contributed by atoms with Gasteiger partial charge in [-0.2, -0.15) is 4.31 Å². The van der Waals surface area contributed by atoms with Gasteiger partial charge in [0.15, 0.2) is 0 Å². The van der Waals surface area contributed by atoms with Gasteiger partial charge in [0.1, 0.15) is 0 Å². The third kappa shape index (κ3) is 5.26. The van der Waals surface area contributed by atoms with Crippen LogP contribution in [0.1, 0.15) is 32.3 Å². The SMILES string of the molecule is C=CCN(CCC)S(=O)(=O)c1cccc(CNCCC)c1. The fraction of sp³-hybridized carbons (Fsp3) is 0.500. The summed E-state index contributed by atoms with van der Waals surface area (Å²) in [6.07, 6.45) is 3.46. The molecule has 0 heterocycles. The normalized spacial score (nSPS) is 11.8. The van der Waals surface area contributed by atoms with Gasteiger partial charge in [0.25, 0.3) is 0 Å². The van der Waals surface area contributed by atoms with Crippen LogP contribution >= 0.6 is 0 Å². The van der Waals surface area contributed by atoms with Crippen molar-refractivity contribution >= 4 is 10.0 Å². The first kappa shape index (κ1) is 17.9. The largest absolute Gasteiger partial charge is 0.313 e. The van der Waals surface area contributed by atoms with Crippen LogP contribution in [0.15, 0.2) is 41.8 Å². The van der Waals surface area contributed by atoms with Gasteiger partial charge in [0.05, 0.1) is 4.90 Å². The zero-order valence-electron chi connectivity index (χ0n) is 13.0. The number of sulfonamides is 1. The second-order valence-corrected chi connectivity index (χ2v) is 6.91. The summed E-state index contributed by atoms with van der Waals surface area (Å²) >= 11 is 0. The Morgan fingerprint density at radius 3 is 2.67 bits per heavy atom. The molecule has 1 aromatic rings. The molecule has 4 nitrogen and oxygen atoms in total. The molecule has 0 bridgehead atoms. The van der Waals surface area contributed by atoms with Crippen molar-refractivity contribution < 1.29 is 8.42 Å². The van der Waals surface area contributed by atoms with Gasteiger partial charge in [0, 0.05) is 19.6 Å². The number of nitrogens with zero attached hydrogens (tertiary/aromatic N) is 1. The number of benzene rings is 1. The van der Waals surface area contributed by atoms with E-state index in [4.69, 9.17) is 0 Å². The number of nitrogens with one attached hydrogen (secondary N) is 1. The van der Waals surface area contributed by atoms with E-state index in [1.54, 1.807) is 24.3 Å². The van der Waals surface area contributed by atoms with Crippen LogP contribution < -0.4 is 5.32 Å². The summed E-state index contributed by atoms with van der Waals surface area (Å²) in [4.78, 5) is 0.355. The molecule has 0 radical (unpaired) electrons. The molecular formula is C16H26N2O2S. The minimum atomic E-state index is -3.44. The van der Waals surface area contributed by atoms with E-state index in [1.165, 1.54) is 4.31 Å². The lowest BCUT2D eigenvalue weighted by molar-refractivity contribution is 0.441. The van der Waals surface area contributed by atoms with Crippen LogP contribution in [0.3, 0.4) is 0 Å². The third-order valence-electron chi connectivity index (χ3n) is 3.10. The average Bonchev–Trinajstić information content (AvgIpc) is 2.47. The Morgan fingerprint density at radius 2 is 2.05 bits per heavy atom. The quantitative estimate of drug-likeness (QED) is 0.534. The predicted molar refractivity (Wildman–Crippen MR) is 87.7 cm³/mol. The number of rotatable bonds is 10. The molecule has 0 aliphatic rings. The fourth-order valence-electron chi connectivity index (χ4n) is 2.08. The molecule has 0 fully saturated rings. The molecule has 1 aromatic carbocycles. The number of hydrogen-bond donors (Lipinski definition) is 1.